The molecule has 2 aromatic carbocycles. The van der Waals surface area contributed by atoms with Gasteiger partial charge in [-0.2, -0.15) is 0 Å². The van der Waals surface area contributed by atoms with Crippen LogP contribution in [-0.4, -0.2) is 15.3 Å². The second kappa shape index (κ2) is 7.48. The van der Waals surface area contributed by atoms with Gasteiger partial charge in [0.15, 0.2) is 5.76 Å². The molecule has 4 aromatic rings. The highest BCUT2D eigenvalue weighted by Crippen LogP contribution is 2.29. The maximum absolute atomic E-state index is 12.9. The Morgan fingerprint density at radius 2 is 1.69 bits per heavy atom. The van der Waals surface area contributed by atoms with Gasteiger partial charge in [0.2, 0.25) is 0 Å². The van der Waals surface area contributed by atoms with Crippen LogP contribution in [0.2, 0.25) is 5.02 Å². The summed E-state index contributed by atoms with van der Waals surface area (Å²) in [4.78, 5) is 25.6. The highest BCUT2D eigenvalue weighted by atomic mass is 35.5. The van der Waals surface area contributed by atoms with E-state index in [9.17, 15) is 9.59 Å². The first-order valence-electron chi connectivity index (χ1n) is 8.97. The van der Waals surface area contributed by atoms with Gasteiger partial charge in [-0.3, -0.25) is 14.3 Å². The van der Waals surface area contributed by atoms with Crippen LogP contribution in [0.3, 0.4) is 0 Å². The number of rotatable bonds is 4. The standard InChI is InChI=1S/C22H18ClN3O3/c1-14-20(22(28)26(25(14)2)15-8-4-3-5-9-15)24-21(27)19-13-12-18(29-19)16-10-6-7-11-17(16)23/h3-13H,1-2H3,(H,24,27). The third-order valence-electron chi connectivity index (χ3n) is 4.76. The highest BCUT2D eigenvalue weighted by Gasteiger charge is 2.20. The number of furan rings is 1. The number of nitrogens with one attached hydrogen (secondary N) is 1. The topological polar surface area (TPSA) is 69.2 Å². The van der Waals surface area contributed by atoms with Crippen LogP contribution in [0.1, 0.15) is 16.2 Å². The Kier molecular flexibility index (Phi) is 4.86. The number of nitrogens with zero attached hydrogens (tertiary/aromatic N) is 2. The van der Waals surface area contributed by atoms with Crippen molar-refractivity contribution < 1.29 is 9.21 Å². The van der Waals surface area contributed by atoms with E-state index in [1.54, 1.807) is 36.9 Å². The molecule has 0 aliphatic heterocycles. The zero-order chi connectivity index (χ0) is 20.5. The minimum atomic E-state index is -0.505. The summed E-state index contributed by atoms with van der Waals surface area (Å²) in [5.41, 5.74) is 1.92. The Hall–Kier alpha value is -3.51. The molecule has 0 saturated carbocycles. The predicted molar refractivity (Wildman–Crippen MR) is 113 cm³/mol. The second-order valence-electron chi connectivity index (χ2n) is 6.53. The first-order valence-corrected chi connectivity index (χ1v) is 9.35. The van der Waals surface area contributed by atoms with Gasteiger partial charge in [0.1, 0.15) is 11.4 Å². The first kappa shape index (κ1) is 18.8. The number of para-hydroxylation sites is 1. The number of carbonyl (C=O) groups is 1. The van der Waals surface area contributed by atoms with Gasteiger partial charge in [-0.25, -0.2) is 4.68 Å². The van der Waals surface area contributed by atoms with Crippen LogP contribution in [0.25, 0.3) is 17.0 Å². The smallest absolute Gasteiger partial charge is 0.295 e. The van der Waals surface area contributed by atoms with E-state index < -0.39 is 5.91 Å². The summed E-state index contributed by atoms with van der Waals surface area (Å²) < 4.78 is 8.88. The number of hydrogen-bond acceptors (Lipinski definition) is 3. The predicted octanol–water partition coefficient (Wildman–Crippen LogP) is 4.65. The first-order chi connectivity index (χ1) is 14.0. The van der Waals surface area contributed by atoms with Gasteiger partial charge in [0, 0.05) is 12.6 Å². The third-order valence-corrected chi connectivity index (χ3v) is 5.09. The van der Waals surface area contributed by atoms with Crippen LogP contribution in [0.15, 0.2) is 75.9 Å². The quantitative estimate of drug-likeness (QED) is 0.535. The van der Waals surface area contributed by atoms with Crippen LogP contribution in [-0.2, 0) is 7.05 Å². The number of halogens is 1. The molecule has 146 valence electrons. The normalized spacial score (nSPS) is 10.9. The SMILES string of the molecule is Cc1c(NC(=O)c2ccc(-c3ccccc3Cl)o2)c(=O)n(-c2ccccc2)n1C. The van der Waals surface area contributed by atoms with Crippen molar-refractivity contribution in [3.8, 4) is 17.0 Å². The Balaban J connectivity index is 1.65. The molecule has 2 heterocycles. The van der Waals surface area contributed by atoms with E-state index in [4.69, 9.17) is 16.0 Å². The molecule has 1 amide bonds. The fourth-order valence-electron chi connectivity index (χ4n) is 3.15. The number of aromatic nitrogens is 2. The summed E-state index contributed by atoms with van der Waals surface area (Å²) >= 11 is 6.19. The second-order valence-corrected chi connectivity index (χ2v) is 6.94. The van der Waals surface area contributed by atoms with Crippen molar-refractivity contribution in [2.24, 2.45) is 7.05 Å². The summed E-state index contributed by atoms with van der Waals surface area (Å²) in [6.07, 6.45) is 0. The zero-order valence-corrected chi connectivity index (χ0v) is 16.6. The van der Waals surface area contributed by atoms with Crippen molar-refractivity contribution in [1.29, 1.82) is 0 Å². The summed E-state index contributed by atoms with van der Waals surface area (Å²) in [5.74, 6) is 0.0652. The molecule has 1 N–H and O–H groups in total. The molecule has 0 atom stereocenters. The fourth-order valence-corrected chi connectivity index (χ4v) is 3.38. The van der Waals surface area contributed by atoms with Crippen LogP contribution in [0, 0.1) is 6.92 Å². The van der Waals surface area contributed by atoms with Gasteiger partial charge in [-0.1, -0.05) is 41.9 Å². The molecule has 6 nitrogen and oxygen atoms in total. The van der Waals surface area contributed by atoms with E-state index in [1.807, 2.05) is 48.5 Å². The largest absolute Gasteiger partial charge is 0.451 e. The lowest BCUT2D eigenvalue weighted by Gasteiger charge is -2.07. The van der Waals surface area contributed by atoms with E-state index in [0.717, 1.165) is 0 Å². The molecule has 0 fully saturated rings. The molecule has 29 heavy (non-hydrogen) atoms. The van der Waals surface area contributed by atoms with Crippen molar-refractivity contribution >= 4 is 23.2 Å². The van der Waals surface area contributed by atoms with Gasteiger partial charge >= 0.3 is 0 Å². The summed E-state index contributed by atoms with van der Waals surface area (Å²) in [6, 6.07) is 19.7. The number of amides is 1. The lowest BCUT2D eigenvalue weighted by molar-refractivity contribution is 0.0997. The highest BCUT2D eigenvalue weighted by molar-refractivity contribution is 6.33. The van der Waals surface area contributed by atoms with Gasteiger partial charge in [0.05, 0.1) is 16.4 Å². The summed E-state index contributed by atoms with van der Waals surface area (Å²) in [7, 11) is 1.77. The summed E-state index contributed by atoms with van der Waals surface area (Å²) in [6.45, 7) is 1.77. The molecule has 0 aliphatic rings. The molecule has 7 heteroatoms. The Morgan fingerprint density at radius 3 is 2.41 bits per heavy atom. The Bertz CT molecular complexity index is 1250. The lowest BCUT2D eigenvalue weighted by atomic mass is 10.2. The van der Waals surface area contributed by atoms with E-state index in [1.165, 1.54) is 4.68 Å². The van der Waals surface area contributed by atoms with E-state index >= 15 is 0 Å². The van der Waals surface area contributed by atoms with E-state index in [-0.39, 0.29) is 17.0 Å². The van der Waals surface area contributed by atoms with Crippen molar-refractivity contribution in [2.75, 3.05) is 5.32 Å². The molecule has 0 radical (unpaired) electrons. The maximum Gasteiger partial charge on any atom is 0.295 e. The Labute approximate surface area is 171 Å². The van der Waals surface area contributed by atoms with Crippen LogP contribution in [0.4, 0.5) is 5.69 Å². The summed E-state index contributed by atoms with van der Waals surface area (Å²) in [5, 5.41) is 3.21. The van der Waals surface area contributed by atoms with Crippen molar-refractivity contribution in [2.45, 2.75) is 6.92 Å². The average Bonchev–Trinajstić information content (AvgIpc) is 3.29. The van der Waals surface area contributed by atoms with Crippen LogP contribution < -0.4 is 10.9 Å². The lowest BCUT2D eigenvalue weighted by Crippen LogP contribution is -2.22. The Morgan fingerprint density at radius 1 is 1.00 bits per heavy atom. The van der Waals surface area contributed by atoms with Crippen LogP contribution >= 0.6 is 11.6 Å². The van der Waals surface area contributed by atoms with Gasteiger partial charge in [0.25, 0.3) is 11.5 Å². The number of anilines is 1. The molecular formula is C22H18ClN3O3. The molecule has 0 unspecified atom stereocenters. The zero-order valence-electron chi connectivity index (χ0n) is 15.8. The number of hydrogen-bond donors (Lipinski definition) is 1. The molecule has 0 bridgehead atoms. The number of benzene rings is 2. The minimum Gasteiger partial charge on any atom is -0.451 e. The average molecular weight is 408 g/mol. The molecular weight excluding hydrogens is 390 g/mol. The molecule has 2 aromatic heterocycles. The molecule has 0 saturated heterocycles. The van der Waals surface area contributed by atoms with Crippen LogP contribution in [0.5, 0.6) is 0 Å². The van der Waals surface area contributed by atoms with E-state index in [2.05, 4.69) is 5.32 Å². The monoisotopic (exact) mass is 407 g/mol. The fraction of sp³-hybridized carbons (Fsp3) is 0.0909. The van der Waals surface area contributed by atoms with Crippen molar-refractivity contribution in [3.63, 3.8) is 0 Å². The van der Waals surface area contributed by atoms with Crippen molar-refractivity contribution in [1.82, 2.24) is 9.36 Å². The van der Waals surface area contributed by atoms with Gasteiger partial charge in [-0.15, -0.1) is 0 Å². The molecule has 0 aliphatic carbocycles. The molecule has 0 spiro atoms. The third kappa shape index (κ3) is 3.39. The van der Waals surface area contributed by atoms with Crippen molar-refractivity contribution in [3.05, 3.63) is 93.6 Å². The van der Waals surface area contributed by atoms with Gasteiger partial charge < -0.3 is 9.73 Å². The minimum absolute atomic E-state index is 0.0915. The van der Waals surface area contributed by atoms with E-state index in [0.29, 0.717) is 27.7 Å². The number of carbonyl (C=O) groups excluding carboxylic acids is 1. The van der Waals surface area contributed by atoms with Gasteiger partial charge in [-0.05, 0) is 43.3 Å². The molecule has 4 rings (SSSR count). The maximum atomic E-state index is 12.9.